The number of sulfonamides is 1. The van der Waals surface area contributed by atoms with Gasteiger partial charge in [-0.2, -0.15) is 4.31 Å². The summed E-state index contributed by atoms with van der Waals surface area (Å²) in [5.74, 6) is -0.851. The third-order valence-electron chi connectivity index (χ3n) is 4.85. The molecule has 0 saturated carbocycles. The van der Waals surface area contributed by atoms with Gasteiger partial charge in [-0.1, -0.05) is 0 Å². The van der Waals surface area contributed by atoms with Gasteiger partial charge in [0.2, 0.25) is 10.0 Å². The van der Waals surface area contributed by atoms with Crippen LogP contribution in [0.4, 0.5) is 17.1 Å². The number of hydrogen-bond acceptors (Lipinski definition) is 8. The van der Waals surface area contributed by atoms with Gasteiger partial charge in [-0.05, 0) is 37.4 Å². The molecule has 3 rings (SSSR count). The number of nitro groups is 2. The van der Waals surface area contributed by atoms with Crippen molar-refractivity contribution < 1.29 is 23.1 Å². The molecule has 164 valence electrons. The highest BCUT2D eigenvalue weighted by Gasteiger charge is 2.28. The van der Waals surface area contributed by atoms with Crippen LogP contribution in [0.15, 0.2) is 47.4 Å². The largest absolute Gasteiger partial charge is 0.322 e. The predicted octanol–water partition coefficient (Wildman–Crippen LogP) is 1.69. The van der Waals surface area contributed by atoms with Crippen LogP contribution in [0.25, 0.3) is 0 Å². The number of piperazine rings is 1. The van der Waals surface area contributed by atoms with Crippen LogP contribution in [0.2, 0.25) is 0 Å². The number of hydrogen-bond donors (Lipinski definition) is 1. The maximum atomic E-state index is 12.7. The van der Waals surface area contributed by atoms with Crippen LogP contribution in [0.5, 0.6) is 0 Å². The fourth-order valence-corrected chi connectivity index (χ4v) is 4.49. The monoisotopic (exact) mass is 449 g/mol. The van der Waals surface area contributed by atoms with Crippen LogP contribution in [-0.4, -0.2) is 66.6 Å². The number of likely N-dealkylation sites (N-methyl/N-ethyl adjacent to an activating group) is 1. The van der Waals surface area contributed by atoms with Gasteiger partial charge in [0.05, 0.1) is 20.8 Å². The lowest BCUT2D eigenvalue weighted by molar-refractivity contribution is -0.394. The van der Waals surface area contributed by atoms with Crippen molar-refractivity contribution >= 4 is 33.0 Å². The molecule has 1 aliphatic rings. The lowest BCUT2D eigenvalue weighted by Gasteiger charge is -2.31. The number of nitrogens with zero attached hydrogens (tertiary/aromatic N) is 4. The molecule has 0 bridgehead atoms. The first-order valence-electron chi connectivity index (χ1n) is 9.12. The maximum Gasteiger partial charge on any atom is 0.289 e. The highest BCUT2D eigenvalue weighted by molar-refractivity contribution is 7.89. The van der Waals surface area contributed by atoms with E-state index in [9.17, 15) is 33.4 Å². The number of nitro benzene ring substituents is 2. The Balaban J connectivity index is 1.78. The third-order valence-corrected chi connectivity index (χ3v) is 6.76. The van der Waals surface area contributed by atoms with Crippen molar-refractivity contribution in [1.29, 1.82) is 0 Å². The van der Waals surface area contributed by atoms with E-state index in [0.717, 1.165) is 12.1 Å². The van der Waals surface area contributed by atoms with E-state index < -0.39 is 37.2 Å². The van der Waals surface area contributed by atoms with E-state index in [0.29, 0.717) is 32.2 Å². The molecule has 0 unspecified atom stereocenters. The minimum atomic E-state index is -3.67. The van der Waals surface area contributed by atoms with E-state index in [1.54, 1.807) is 0 Å². The number of carbonyl (C=O) groups excluding carboxylic acids is 1. The summed E-state index contributed by atoms with van der Waals surface area (Å²) < 4.78 is 26.9. The molecule has 1 amide bonds. The first kappa shape index (κ1) is 22.3. The van der Waals surface area contributed by atoms with Gasteiger partial charge in [0.15, 0.2) is 0 Å². The van der Waals surface area contributed by atoms with Crippen molar-refractivity contribution in [2.75, 3.05) is 38.5 Å². The molecular formula is C18H19N5O7S. The first-order valence-corrected chi connectivity index (χ1v) is 10.6. The van der Waals surface area contributed by atoms with E-state index in [-0.39, 0.29) is 16.1 Å². The van der Waals surface area contributed by atoms with Crippen LogP contribution in [0.3, 0.4) is 0 Å². The quantitative estimate of drug-likeness (QED) is 0.516. The van der Waals surface area contributed by atoms with Crippen LogP contribution >= 0.6 is 0 Å². The molecule has 2 aromatic carbocycles. The fraction of sp³-hybridized carbons (Fsp3) is 0.278. The Morgan fingerprint density at radius 3 is 2.13 bits per heavy atom. The van der Waals surface area contributed by atoms with Gasteiger partial charge in [0.25, 0.3) is 17.3 Å². The minimum absolute atomic E-state index is 0.0661. The highest BCUT2D eigenvalue weighted by atomic mass is 32.2. The average Bonchev–Trinajstić information content (AvgIpc) is 2.73. The van der Waals surface area contributed by atoms with Gasteiger partial charge in [0.1, 0.15) is 5.56 Å². The second-order valence-corrected chi connectivity index (χ2v) is 8.84. The summed E-state index contributed by atoms with van der Waals surface area (Å²) in [5, 5.41) is 24.5. The van der Waals surface area contributed by atoms with Crippen LogP contribution in [0.1, 0.15) is 10.4 Å². The Morgan fingerprint density at radius 2 is 1.58 bits per heavy atom. The van der Waals surface area contributed by atoms with E-state index in [1.165, 1.54) is 28.6 Å². The molecular weight excluding hydrogens is 430 g/mol. The topological polar surface area (TPSA) is 156 Å². The number of nitrogens with one attached hydrogen (secondary N) is 1. The summed E-state index contributed by atoms with van der Waals surface area (Å²) in [6, 6.07) is 8.13. The predicted molar refractivity (Wildman–Crippen MR) is 110 cm³/mol. The second kappa shape index (κ2) is 8.75. The summed E-state index contributed by atoms with van der Waals surface area (Å²) in [6.45, 7) is 2.01. The zero-order chi connectivity index (χ0) is 22.8. The normalized spacial score (nSPS) is 15.4. The van der Waals surface area contributed by atoms with E-state index in [4.69, 9.17) is 0 Å². The van der Waals surface area contributed by atoms with E-state index in [2.05, 4.69) is 5.32 Å². The van der Waals surface area contributed by atoms with Crippen molar-refractivity contribution in [3.05, 3.63) is 68.3 Å². The zero-order valence-electron chi connectivity index (χ0n) is 16.4. The number of rotatable bonds is 6. The van der Waals surface area contributed by atoms with E-state index in [1.807, 2.05) is 11.9 Å². The number of non-ortho nitro benzene ring substituents is 1. The third kappa shape index (κ3) is 4.84. The molecule has 31 heavy (non-hydrogen) atoms. The molecule has 1 saturated heterocycles. The zero-order valence-corrected chi connectivity index (χ0v) is 17.2. The van der Waals surface area contributed by atoms with Crippen molar-refractivity contribution in [3.63, 3.8) is 0 Å². The Morgan fingerprint density at radius 1 is 0.968 bits per heavy atom. The van der Waals surface area contributed by atoms with Crippen LogP contribution in [0, 0.1) is 20.2 Å². The molecule has 12 nitrogen and oxygen atoms in total. The summed E-state index contributed by atoms with van der Waals surface area (Å²) in [6.07, 6.45) is 0. The standard InChI is InChI=1S/C18H19N5O7S/c1-20-8-10-21(11-9-20)31(29,30)15-5-2-13(3-6-15)19-18(24)16-7-4-14(22(25)26)12-17(16)23(27)28/h2-7,12H,8-11H2,1H3,(H,19,24). The maximum absolute atomic E-state index is 12.7. The summed E-state index contributed by atoms with van der Waals surface area (Å²) >= 11 is 0. The molecule has 0 aromatic heterocycles. The lowest BCUT2D eigenvalue weighted by Crippen LogP contribution is -2.46. The molecule has 1 N–H and O–H groups in total. The van der Waals surface area contributed by atoms with Gasteiger partial charge in [-0.15, -0.1) is 0 Å². The van der Waals surface area contributed by atoms with Gasteiger partial charge >= 0.3 is 0 Å². The molecule has 2 aromatic rings. The average molecular weight is 449 g/mol. The fourth-order valence-electron chi connectivity index (χ4n) is 3.06. The van der Waals surface area contributed by atoms with Crippen molar-refractivity contribution in [1.82, 2.24) is 9.21 Å². The molecule has 0 spiro atoms. The van der Waals surface area contributed by atoms with Crippen molar-refractivity contribution in [2.24, 2.45) is 0 Å². The summed E-state index contributed by atoms with van der Waals surface area (Å²) in [4.78, 5) is 34.9. The van der Waals surface area contributed by atoms with Crippen molar-refractivity contribution in [2.45, 2.75) is 4.90 Å². The molecule has 1 heterocycles. The molecule has 0 atom stereocenters. The molecule has 0 radical (unpaired) electrons. The van der Waals surface area contributed by atoms with Gasteiger partial charge in [0, 0.05) is 37.9 Å². The summed E-state index contributed by atoms with van der Waals surface area (Å²) in [5.41, 5.74) is -1.36. The Kier molecular flexibility index (Phi) is 6.29. The van der Waals surface area contributed by atoms with E-state index >= 15 is 0 Å². The second-order valence-electron chi connectivity index (χ2n) is 6.90. The Labute approximate surface area is 177 Å². The number of anilines is 1. The Hall–Kier alpha value is -3.42. The number of carbonyl (C=O) groups is 1. The van der Waals surface area contributed by atoms with Crippen LogP contribution < -0.4 is 5.32 Å². The minimum Gasteiger partial charge on any atom is -0.322 e. The molecule has 1 fully saturated rings. The van der Waals surface area contributed by atoms with Crippen LogP contribution in [-0.2, 0) is 10.0 Å². The Bertz CT molecular complexity index is 1130. The van der Waals surface area contributed by atoms with Gasteiger partial charge < -0.3 is 10.2 Å². The lowest BCUT2D eigenvalue weighted by atomic mass is 10.1. The smallest absolute Gasteiger partial charge is 0.289 e. The molecule has 1 aliphatic heterocycles. The summed E-state index contributed by atoms with van der Waals surface area (Å²) in [7, 11) is -1.76. The number of benzene rings is 2. The molecule has 0 aliphatic carbocycles. The molecule has 13 heteroatoms. The SMILES string of the molecule is CN1CCN(S(=O)(=O)c2ccc(NC(=O)c3ccc([N+](=O)[O-])cc3[N+](=O)[O-])cc2)CC1. The number of amides is 1. The van der Waals surface area contributed by atoms with Gasteiger partial charge in [-0.3, -0.25) is 25.0 Å². The van der Waals surface area contributed by atoms with Crippen molar-refractivity contribution in [3.8, 4) is 0 Å². The highest BCUT2D eigenvalue weighted by Crippen LogP contribution is 2.26. The first-order chi connectivity index (χ1) is 14.6. The van der Waals surface area contributed by atoms with Gasteiger partial charge in [-0.25, -0.2) is 8.42 Å².